The molecule has 106 valence electrons. The molecule has 4 heteroatoms. The molecule has 1 fully saturated rings. The van der Waals surface area contributed by atoms with Crippen molar-refractivity contribution in [1.82, 2.24) is 4.90 Å². The van der Waals surface area contributed by atoms with Crippen LogP contribution in [0.5, 0.6) is 5.75 Å². The van der Waals surface area contributed by atoms with E-state index in [0.29, 0.717) is 19.5 Å². The summed E-state index contributed by atoms with van der Waals surface area (Å²) < 4.78 is 5.46. The summed E-state index contributed by atoms with van der Waals surface area (Å²) in [6, 6.07) is 5.97. The Morgan fingerprint density at radius 1 is 1.50 bits per heavy atom. The van der Waals surface area contributed by atoms with Crippen LogP contribution >= 0.6 is 0 Å². The molecule has 0 saturated carbocycles. The number of hydrogen-bond donors (Lipinski definition) is 1. The standard InChI is InChI=1S/C16H19NO3/c1-16(19)7-8-17(11-16)15(18)5-3-12-2-4-14-13(10-12)6-9-20-14/h2-5,10,19H,6-9,11H2,1H3/b5-3+. The molecule has 1 unspecified atom stereocenters. The van der Waals surface area contributed by atoms with Crippen molar-refractivity contribution in [3.05, 3.63) is 35.4 Å². The van der Waals surface area contributed by atoms with Crippen LogP contribution in [0.25, 0.3) is 6.08 Å². The van der Waals surface area contributed by atoms with Crippen molar-refractivity contribution < 1.29 is 14.6 Å². The number of β-amino-alcohol motifs (C(OH)–C–C–N with tert-alkyl or cyclic N) is 1. The van der Waals surface area contributed by atoms with E-state index in [0.717, 1.165) is 24.3 Å². The maximum absolute atomic E-state index is 12.0. The van der Waals surface area contributed by atoms with Gasteiger partial charge in [0.2, 0.25) is 5.91 Å². The number of carbonyl (C=O) groups excluding carboxylic acids is 1. The lowest BCUT2D eigenvalue weighted by molar-refractivity contribution is -0.125. The highest BCUT2D eigenvalue weighted by atomic mass is 16.5. The first-order valence-electron chi connectivity index (χ1n) is 6.99. The Labute approximate surface area is 118 Å². The molecular formula is C16H19NO3. The summed E-state index contributed by atoms with van der Waals surface area (Å²) in [5.74, 6) is 0.906. The Morgan fingerprint density at radius 3 is 3.10 bits per heavy atom. The van der Waals surface area contributed by atoms with Crippen LogP contribution in [0.3, 0.4) is 0 Å². The predicted molar refractivity (Wildman–Crippen MR) is 76.5 cm³/mol. The molecule has 2 aliphatic rings. The maximum Gasteiger partial charge on any atom is 0.246 e. The minimum Gasteiger partial charge on any atom is -0.493 e. The molecule has 3 rings (SSSR count). The molecular weight excluding hydrogens is 254 g/mol. The van der Waals surface area contributed by atoms with E-state index in [1.165, 1.54) is 5.56 Å². The molecule has 1 saturated heterocycles. The minimum absolute atomic E-state index is 0.0421. The average Bonchev–Trinajstić information content (AvgIpc) is 3.01. The van der Waals surface area contributed by atoms with E-state index in [4.69, 9.17) is 4.74 Å². The fourth-order valence-electron chi connectivity index (χ4n) is 2.72. The SMILES string of the molecule is CC1(O)CCN(C(=O)/C=C/c2ccc3c(c2)CCO3)C1. The van der Waals surface area contributed by atoms with Gasteiger partial charge < -0.3 is 14.7 Å². The van der Waals surface area contributed by atoms with Crippen LogP contribution in [0.2, 0.25) is 0 Å². The van der Waals surface area contributed by atoms with Crippen LogP contribution in [0.1, 0.15) is 24.5 Å². The normalized spacial score (nSPS) is 25.0. The largest absolute Gasteiger partial charge is 0.493 e. The Bertz CT molecular complexity index is 563. The summed E-state index contributed by atoms with van der Waals surface area (Å²) >= 11 is 0. The van der Waals surface area contributed by atoms with Crippen LogP contribution in [-0.4, -0.2) is 41.2 Å². The zero-order valence-electron chi connectivity index (χ0n) is 11.6. The van der Waals surface area contributed by atoms with E-state index in [9.17, 15) is 9.90 Å². The lowest BCUT2D eigenvalue weighted by atomic mass is 10.1. The van der Waals surface area contributed by atoms with Gasteiger partial charge in [0.05, 0.1) is 12.2 Å². The van der Waals surface area contributed by atoms with E-state index in [1.54, 1.807) is 17.9 Å². The second-order valence-electron chi connectivity index (χ2n) is 5.81. The monoisotopic (exact) mass is 273 g/mol. The molecule has 4 nitrogen and oxygen atoms in total. The lowest BCUT2D eigenvalue weighted by Crippen LogP contribution is -2.32. The molecule has 1 atom stereocenters. The number of likely N-dealkylation sites (tertiary alicyclic amines) is 1. The average molecular weight is 273 g/mol. The lowest BCUT2D eigenvalue weighted by Gasteiger charge is -2.17. The summed E-state index contributed by atoms with van der Waals surface area (Å²) in [4.78, 5) is 13.7. The fraction of sp³-hybridized carbons (Fsp3) is 0.438. The molecule has 1 amide bonds. The first-order chi connectivity index (χ1) is 9.53. The Morgan fingerprint density at radius 2 is 2.35 bits per heavy atom. The highest BCUT2D eigenvalue weighted by molar-refractivity contribution is 5.92. The predicted octanol–water partition coefficient (Wildman–Crippen LogP) is 1.62. The highest BCUT2D eigenvalue weighted by Crippen LogP contribution is 2.26. The van der Waals surface area contributed by atoms with Crippen molar-refractivity contribution in [3.63, 3.8) is 0 Å². The molecule has 0 bridgehead atoms. The summed E-state index contributed by atoms with van der Waals surface area (Å²) in [6.45, 7) is 3.54. The van der Waals surface area contributed by atoms with Gasteiger partial charge in [-0.25, -0.2) is 0 Å². The van der Waals surface area contributed by atoms with E-state index < -0.39 is 5.60 Å². The summed E-state index contributed by atoms with van der Waals surface area (Å²) in [5, 5.41) is 9.87. The third-order valence-corrected chi connectivity index (χ3v) is 3.90. The quantitative estimate of drug-likeness (QED) is 0.833. The third kappa shape index (κ3) is 2.70. The van der Waals surface area contributed by atoms with E-state index in [2.05, 4.69) is 6.07 Å². The van der Waals surface area contributed by atoms with Crippen LogP contribution in [0, 0.1) is 0 Å². The summed E-state index contributed by atoms with van der Waals surface area (Å²) in [6.07, 6.45) is 4.98. The van der Waals surface area contributed by atoms with Crippen LogP contribution in [0.4, 0.5) is 0 Å². The fourth-order valence-corrected chi connectivity index (χ4v) is 2.72. The number of hydrogen-bond acceptors (Lipinski definition) is 3. The van der Waals surface area contributed by atoms with Crippen molar-refractivity contribution >= 4 is 12.0 Å². The second-order valence-corrected chi connectivity index (χ2v) is 5.81. The Kier molecular flexibility index (Phi) is 3.26. The smallest absolute Gasteiger partial charge is 0.246 e. The first kappa shape index (κ1) is 13.2. The van der Waals surface area contributed by atoms with Gasteiger partial charge in [-0.2, -0.15) is 0 Å². The van der Waals surface area contributed by atoms with Gasteiger partial charge in [-0.3, -0.25) is 4.79 Å². The topological polar surface area (TPSA) is 49.8 Å². The summed E-state index contributed by atoms with van der Waals surface area (Å²) in [7, 11) is 0. The van der Waals surface area contributed by atoms with Crippen molar-refractivity contribution in [1.29, 1.82) is 0 Å². The molecule has 0 aromatic heterocycles. The molecule has 1 aromatic rings. The van der Waals surface area contributed by atoms with Gasteiger partial charge in [-0.15, -0.1) is 0 Å². The van der Waals surface area contributed by atoms with Crippen LogP contribution in [0.15, 0.2) is 24.3 Å². The summed E-state index contributed by atoms with van der Waals surface area (Å²) in [5.41, 5.74) is 1.46. The molecule has 2 aliphatic heterocycles. The number of amides is 1. The minimum atomic E-state index is -0.742. The van der Waals surface area contributed by atoms with Crippen molar-refractivity contribution in [2.75, 3.05) is 19.7 Å². The van der Waals surface area contributed by atoms with Gasteiger partial charge >= 0.3 is 0 Å². The number of carbonyl (C=O) groups is 1. The molecule has 0 spiro atoms. The Balaban J connectivity index is 1.67. The molecule has 20 heavy (non-hydrogen) atoms. The van der Waals surface area contributed by atoms with Gasteiger partial charge in [0.1, 0.15) is 5.75 Å². The number of ether oxygens (including phenoxy) is 1. The number of fused-ring (bicyclic) bond motifs is 1. The number of aliphatic hydroxyl groups is 1. The van der Waals surface area contributed by atoms with Crippen molar-refractivity contribution in [3.8, 4) is 5.75 Å². The van der Waals surface area contributed by atoms with Gasteiger partial charge in [-0.1, -0.05) is 6.07 Å². The third-order valence-electron chi connectivity index (χ3n) is 3.90. The number of benzene rings is 1. The number of nitrogens with zero attached hydrogens (tertiary/aromatic N) is 1. The molecule has 2 heterocycles. The van der Waals surface area contributed by atoms with Crippen molar-refractivity contribution in [2.24, 2.45) is 0 Å². The second kappa shape index (κ2) is 4.94. The Hall–Kier alpha value is -1.81. The van der Waals surface area contributed by atoms with Crippen molar-refractivity contribution in [2.45, 2.75) is 25.4 Å². The first-order valence-corrected chi connectivity index (χ1v) is 6.99. The van der Waals surface area contributed by atoms with Gasteiger partial charge in [0, 0.05) is 25.6 Å². The molecule has 0 aliphatic carbocycles. The van der Waals surface area contributed by atoms with E-state index >= 15 is 0 Å². The van der Waals surface area contributed by atoms with Gasteiger partial charge in [0.25, 0.3) is 0 Å². The van der Waals surface area contributed by atoms with Gasteiger partial charge in [0.15, 0.2) is 0 Å². The van der Waals surface area contributed by atoms with Crippen LogP contribution < -0.4 is 4.74 Å². The van der Waals surface area contributed by atoms with Crippen LogP contribution in [-0.2, 0) is 11.2 Å². The molecule has 0 radical (unpaired) electrons. The van der Waals surface area contributed by atoms with E-state index in [1.807, 2.05) is 18.2 Å². The molecule has 1 N–H and O–H groups in total. The highest BCUT2D eigenvalue weighted by Gasteiger charge is 2.32. The zero-order valence-corrected chi connectivity index (χ0v) is 11.6. The van der Waals surface area contributed by atoms with E-state index in [-0.39, 0.29) is 5.91 Å². The van der Waals surface area contributed by atoms with Gasteiger partial charge in [-0.05, 0) is 42.7 Å². The molecule has 1 aromatic carbocycles. The maximum atomic E-state index is 12.0. The zero-order chi connectivity index (χ0) is 14.2. The number of rotatable bonds is 2.